The molecule has 0 fully saturated rings. The first-order chi connectivity index (χ1) is 15.2. The Hall–Kier alpha value is -3.22. The number of carbonyl (C=O) groups is 1. The summed E-state index contributed by atoms with van der Waals surface area (Å²) in [6.07, 6.45) is 5.37. The molecule has 4 nitrogen and oxygen atoms in total. The molecule has 1 amide bonds. The molecule has 0 unspecified atom stereocenters. The minimum absolute atomic E-state index is 0.0855. The molecule has 0 aliphatic rings. The van der Waals surface area contributed by atoms with Crippen LogP contribution in [0, 0.1) is 0 Å². The summed E-state index contributed by atoms with van der Waals surface area (Å²) in [5.74, 6) is 0.753. The van der Waals surface area contributed by atoms with Crippen LogP contribution in [-0.4, -0.2) is 22.4 Å². The number of anilines is 1. The van der Waals surface area contributed by atoms with Crippen LogP contribution in [0.3, 0.4) is 0 Å². The first kappa shape index (κ1) is 21.0. The van der Waals surface area contributed by atoms with Crippen LogP contribution in [0.5, 0.6) is 0 Å². The van der Waals surface area contributed by atoms with E-state index >= 15 is 0 Å². The van der Waals surface area contributed by atoms with Gasteiger partial charge in [-0.2, -0.15) is 0 Å². The zero-order chi connectivity index (χ0) is 21.5. The lowest BCUT2D eigenvalue weighted by Gasteiger charge is -2.18. The predicted octanol–water partition coefficient (Wildman–Crippen LogP) is 6.33. The average Bonchev–Trinajstić information content (AvgIpc) is 3.32. The van der Waals surface area contributed by atoms with Crippen LogP contribution in [0.4, 0.5) is 5.13 Å². The van der Waals surface area contributed by atoms with Crippen molar-refractivity contribution < 1.29 is 4.79 Å². The third kappa shape index (κ3) is 5.29. The van der Waals surface area contributed by atoms with E-state index in [9.17, 15) is 4.79 Å². The first-order valence-corrected chi connectivity index (χ1v) is 11.7. The van der Waals surface area contributed by atoms with Crippen LogP contribution < -0.4 is 4.90 Å². The molecule has 0 spiro atoms. The molecule has 0 aliphatic heterocycles. The summed E-state index contributed by atoms with van der Waals surface area (Å²) in [4.78, 5) is 24.8. The number of hydrogen-bond donors (Lipinski definition) is 0. The van der Waals surface area contributed by atoms with Gasteiger partial charge in [-0.05, 0) is 35.9 Å². The molecule has 2 heterocycles. The summed E-state index contributed by atoms with van der Waals surface area (Å²) in [6, 6.07) is 21.7. The molecule has 4 rings (SSSR count). The second-order valence-electron chi connectivity index (χ2n) is 6.76. The maximum atomic E-state index is 13.2. The van der Waals surface area contributed by atoms with Gasteiger partial charge in [0, 0.05) is 46.1 Å². The quantitative estimate of drug-likeness (QED) is 0.236. The zero-order valence-electron chi connectivity index (χ0n) is 16.8. The number of nitrogens with zero attached hydrogens (tertiary/aromatic N) is 3. The number of rotatable bonds is 8. The molecule has 0 aliphatic carbocycles. The topological polar surface area (TPSA) is 46.1 Å². The largest absolute Gasteiger partial charge is 0.280 e. The van der Waals surface area contributed by atoms with Gasteiger partial charge in [0.25, 0.3) is 5.91 Å². The zero-order valence-corrected chi connectivity index (χ0v) is 18.5. The minimum Gasteiger partial charge on any atom is -0.280 e. The van der Waals surface area contributed by atoms with E-state index < -0.39 is 0 Å². The van der Waals surface area contributed by atoms with Crippen LogP contribution in [0.1, 0.15) is 15.9 Å². The second-order valence-corrected chi connectivity index (χ2v) is 8.65. The fraction of sp³-hybridized carbons (Fsp3) is 0.0800. The normalized spacial score (nSPS) is 10.6. The van der Waals surface area contributed by atoms with Crippen LogP contribution in [0.2, 0.25) is 0 Å². The van der Waals surface area contributed by atoms with Gasteiger partial charge in [-0.25, -0.2) is 4.98 Å². The van der Waals surface area contributed by atoms with Crippen LogP contribution in [0.15, 0.2) is 102 Å². The Kier molecular flexibility index (Phi) is 6.92. The number of hydrogen-bond acceptors (Lipinski definition) is 5. The predicted molar refractivity (Wildman–Crippen MR) is 130 cm³/mol. The molecule has 154 valence electrons. The van der Waals surface area contributed by atoms with Gasteiger partial charge < -0.3 is 0 Å². The summed E-state index contributed by atoms with van der Waals surface area (Å²) in [7, 11) is 0. The van der Waals surface area contributed by atoms with Gasteiger partial charge in [0.2, 0.25) is 0 Å². The molecule has 31 heavy (non-hydrogen) atoms. The standard InChI is InChI=1S/C25H21N3OS2/c1-2-15-28(25-27-23(18-31-25)20-8-4-3-5-9-20)24(29)21-10-12-22(13-11-21)30-17-19-7-6-14-26-16-19/h2-14,16,18H,1,15,17H2. The van der Waals surface area contributed by atoms with E-state index in [4.69, 9.17) is 4.98 Å². The molecular weight excluding hydrogens is 422 g/mol. The highest BCUT2D eigenvalue weighted by atomic mass is 32.2. The second kappa shape index (κ2) is 10.2. The lowest BCUT2D eigenvalue weighted by atomic mass is 10.2. The first-order valence-electron chi connectivity index (χ1n) is 9.80. The van der Waals surface area contributed by atoms with Gasteiger partial charge in [0.15, 0.2) is 5.13 Å². The van der Waals surface area contributed by atoms with Gasteiger partial charge >= 0.3 is 0 Å². The Labute approximate surface area is 190 Å². The Morgan fingerprint density at radius 3 is 2.58 bits per heavy atom. The van der Waals surface area contributed by atoms with Crippen LogP contribution in [0.25, 0.3) is 11.3 Å². The van der Waals surface area contributed by atoms with Crippen molar-refractivity contribution in [2.24, 2.45) is 0 Å². The van der Waals surface area contributed by atoms with Gasteiger partial charge in [-0.15, -0.1) is 29.7 Å². The average molecular weight is 444 g/mol. The van der Waals surface area contributed by atoms with Gasteiger partial charge in [0.1, 0.15) is 0 Å². The van der Waals surface area contributed by atoms with Crippen molar-refractivity contribution in [3.05, 3.63) is 108 Å². The monoisotopic (exact) mass is 443 g/mol. The molecule has 6 heteroatoms. The third-order valence-corrected chi connectivity index (χ3v) is 6.53. The smallest absolute Gasteiger partial charge is 0.260 e. The van der Waals surface area contributed by atoms with Gasteiger partial charge in [-0.3, -0.25) is 14.7 Å². The summed E-state index contributed by atoms with van der Waals surface area (Å²) in [6.45, 7) is 4.21. The van der Waals surface area contributed by atoms with Crippen molar-refractivity contribution >= 4 is 34.1 Å². The summed E-state index contributed by atoms with van der Waals surface area (Å²) in [5, 5.41) is 2.64. The number of thiazole rings is 1. The van der Waals surface area contributed by atoms with E-state index in [0.717, 1.165) is 21.9 Å². The van der Waals surface area contributed by atoms with Crippen molar-refractivity contribution in [3.63, 3.8) is 0 Å². The van der Waals surface area contributed by atoms with Crippen molar-refractivity contribution in [2.45, 2.75) is 10.6 Å². The number of benzene rings is 2. The summed E-state index contributed by atoms with van der Waals surface area (Å²) >= 11 is 3.18. The SMILES string of the molecule is C=CCN(C(=O)c1ccc(SCc2cccnc2)cc1)c1nc(-c2ccccc2)cs1. The number of aromatic nitrogens is 2. The van der Waals surface area contributed by atoms with Crippen LogP contribution >= 0.6 is 23.1 Å². The van der Waals surface area contributed by atoms with E-state index in [1.54, 1.807) is 28.9 Å². The number of thioether (sulfide) groups is 1. The Morgan fingerprint density at radius 2 is 1.87 bits per heavy atom. The highest BCUT2D eigenvalue weighted by Crippen LogP contribution is 2.29. The molecule has 0 saturated heterocycles. The van der Waals surface area contributed by atoms with Gasteiger partial charge in [0.05, 0.1) is 5.69 Å². The molecule has 0 N–H and O–H groups in total. The number of amides is 1. The van der Waals surface area contributed by atoms with Crippen molar-refractivity contribution in [1.29, 1.82) is 0 Å². The summed E-state index contributed by atoms with van der Waals surface area (Å²) < 4.78 is 0. The Balaban J connectivity index is 1.48. The highest BCUT2D eigenvalue weighted by molar-refractivity contribution is 7.98. The number of carbonyl (C=O) groups excluding carboxylic acids is 1. The lowest BCUT2D eigenvalue weighted by Crippen LogP contribution is -2.30. The molecular formula is C25H21N3OS2. The Bertz CT molecular complexity index is 1140. The minimum atomic E-state index is -0.0855. The van der Waals surface area contributed by atoms with Crippen molar-refractivity contribution in [1.82, 2.24) is 9.97 Å². The van der Waals surface area contributed by atoms with E-state index in [-0.39, 0.29) is 5.91 Å². The van der Waals surface area contributed by atoms with Gasteiger partial charge in [-0.1, -0.05) is 42.5 Å². The van der Waals surface area contributed by atoms with E-state index in [1.807, 2.05) is 72.2 Å². The fourth-order valence-corrected chi connectivity index (χ4v) is 4.68. The third-order valence-electron chi connectivity index (χ3n) is 4.58. The molecule has 2 aromatic carbocycles. The van der Waals surface area contributed by atoms with Crippen LogP contribution in [-0.2, 0) is 5.75 Å². The van der Waals surface area contributed by atoms with E-state index in [1.165, 1.54) is 16.9 Å². The molecule has 2 aromatic heterocycles. The Morgan fingerprint density at radius 1 is 1.06 bits per heavy atom. The fourth-order valence-electron chi connectivity index (χ4n) is 3.01. The highest BCUT2D eigenvalue weighted by Gasteiger charge is 2.20. The lowest BCUT2D eigenvalue weighted by molar-refractivity contribution is 0.0989. The molecule has 0 atom stereocenters. The maximum Gasteiger partial charge on any atom is 0.260 e. The van der Waals surface area contributed by atoms with Crippen molar-refractivity contribution in [3.8, 4) is 11.3 Å². The maximum absolute atomic E-state index is 13.2. The summed E-state index contributed by atoms with van der Waals surface area (Å²) in [5.41, 5.74) is 3.70. The molecule has 0 radical (unpaired) electrons. The number of pyridine rings is 1. The van der Waals surface area contributed by atoms with E-state index in [0.29, 0.717) is 17.2 Å². The van der Waals surface area contributed by atoms with E-state index in [2.05, 4.69) is 17.6 Å². The molecule has 0 bridgehead atoms. The van der Waals surface area contributed by atoms with Crippen molar-refractivity contribution in [2.75, 3.05) is 11.4 Å². The molecule has 0 saturated carbocycles. The molecule has 4 aromatic rings.